The van der Waals surface area contributed by atoms with Crippen LogP contribution in [-0.4, -0.2) is 16.2 Å². The molecule has 5 nitrogen and oxygen atoms in total. The quantitative estimate of drug-likeness (QED) is 0.885. The van der Waals surface area contributed by atoms with Crippen LogP contribution >= 0.6 is 0 Å². The van der Waals surface area contributed by atoms with Crippen molar-refractivity contribution in [3.63, 3.8) is 0 Å². The normalized spacial score (nSPS) is 11.1. The van der Waals surface area contributed by atoms with Crippen molar-refractivity contribution < 1.29 is 9.26 Å². The van der Waals surface area contributed by atoms with Gasteiger partial charge >= 0.3 is 0 Å². The van der Waals surface area contributed by atoms with E-state index in [1.807, 2.05) is 32.9 Å². The molecule has 0 unspecified atom stereocenters. The van der Waals surface area contributed by atoms with E-state index in [1.165, 1.54) is 0 Å². The molecule has 0 aromatic carbocycles. The van der Waals surface area contributed by atoms with Gasteiger partial charge in [0.25, 0.3) is 0 Å². The lowest BCUT2D eigenvalue weighted by atomic mass is 10.2. The van der Waals surface area contributed by atoms with Gasteiger partial charge in [-0.2, -0.15) is 0 Å². The molecule has 21 heavy (non-hydrogen) atoms. The highest BCUT2D eigenvalue weighted by Gasteiger charge is 2.12. The molecule has 0 amide bonds. The molecule has 0 saturated heterocycles. The summed E-state index contributed by atoms with van der Waals surface area (Å²) in [6.07, 6.45) is 0. The third-order valence-corrected chi connectivity index (χ3v) is 3.30. The molecule has 114 valence electrons. The first-order chi connectivity index (χ1) is 9.97. The Labute approximate surface area is 125 Å². The molecule has 1 N–H and O–H groups in total. The predicted octanol–water partition coefficient (Wildman–Crippen LogP) is 3.07. The molecule has 0 atom stereocenters. The van der Waals surface area contributed by atoms with Crippen LogP contribution < -0.4 is 10.1 Å². The fourth-order valence-corrected chi connectivity index (χ4v) is 2.01. The van der Waals surface area contributed by atoms with Crippen molar-refractivity contribution in [2.45, 2.75) is 53.8 Å². The zero-order chi connectivity index (χ0) is 15.4. The van der Waals surface area contributed by atoms with Gasteiger partial charge < -0.3 is 14.6 Å². The molecule has 0 radical (unpaired) electrons. The van der Waals surface area contributed by atoms with Crippen molar-refractivity contribution in [3.05, 3.63) is 40.5 Å². The molecule has 2 aromatic rings. The first-order valence-corrected chi connectivity index (χ1v) is 7.22. The third kappa shape index (κ3) is 4.04. The lowest BCUT2D eigenvalue weighted by Crippen LogP contribution is -2.23. The van der Waals surface area contributed by atoms with Gasteiger partial charge in [0.2, 0.25) is 0 Å². The van der Waals surface area contributed by atoms with Crippen LogP contribution in [0.1, 0.15) is 42.3 Å². The van der Waals surface area contributed by atoms with E-state index >= 15 is 0 Å². The minimum Gasteiger partial charge on any atom is -0.487 e. The van der Waals surface area contributed by atoms with E-state index in [2.05, 4.69) is 29.3 Å². The molecule has 0 aliphatic heterocycles. The van der Waals surface area contributed by atoms with Gasteiger partial charge in [0.15, 0.2) is 0 Å². The highest BCUT2D eigenvalue weighted by molar-refractivity contribution is 5.30. The van der Waals surface area contributed by atoms with Gasteiger partial charge in [-0.05, 0) is 32.9 Å². The number of nitrogens with zero attached hydrogens (tertiary/aromatic N) is 2. The fourth-order valence-electron chi connectivity index (χ4n) is 2.01. The van der Waals surface area contributed by atoms with Crippen LogP contribution in [0.4, 0.5) is 0 Å². The van der Waals surface area contributed by atoms with Gasteiger partial charge in [-0.25, -0.2) is 0 Å². The van der Waals surface area contributed by atoms with Gasteiger partial charge in [0, 0.05) is 18.3 Å². The maximum Gasteiger partial charge on any atom is 0.142 e. The van der Waals surface area contributed by atoms with Gasteiger partial charge in [-0.3, -0.25) is 4.98 Å². The van der Waals surface area contributed by atoms with Gasteiger partial charge in [-0.1, -0.05) is 19.0 Å². The number of pyridine rings is 1. The number of hydrogen-bond donors (Lipinski definition) is 1. The molecule has 5 heteroatoms. The van der Waals surface area contributed by atoms with Crippen molar-refractivity contribution in [3.8, 4) is 5.75 Å². The summed E-state index contributed by atoms with van der Waals surface area (Å²) in [4.78, 5) is 4.56. The molecule has 0 spiro atoms. The molecular weight excluding hydrogens is 266 g/mol. The van der Waals surface area contributed by atoms with E-state index in [-0.39, 0.29) is 0 Å². The van der Waals surface area contributed by atoms with Crippen LogP contribution in [0.15, 0.2) is 16.7 Å². The molecule has 0 saturated carbocycles. The Balaban J connectivity index is 2.12. The average Bonchev–Trinajstić information content (AvgIpc) is 2.75. The van der Waals surface area contributed by atoms with Crippen LogP contribution in [0.5, 0.6) is 5.75 Å². The number of ether oxygens (including phenoxy) is 1. The number of rotatable bonds is 6. The summed E-state index contributed by atoms with van der Waals surface area (Å²) in [7, 11) is 0. The maximum atomic E-state index is 5.93. The van der Waals surface area contributed by atoms with E-state index in [1.54, 1.807) is 0 Å². The monoisotopic (exact) mass is 289 g/mol. The molecule has 0 fully saturated rings. The SMILES string of the molecule is Cc1ccc(OCc2c(C)noc2C)c(CNC(C)C)n1. The largest absolute Gasteiger partial charge is 0.487 e. The second-order valence-electron chi connectivity index (χ2n) is 5.52. The second-order valence-corrected chi connectivity index (χ2v) is 5.52. The highest BCUT2D eigenvalue weighted by Crippen LogP contribution is 2.20. The Hall–Kier alpha value is -1.88. The lowest BCUT2D eigenvalue weighted by molar-refractivity contribution is 0.295. The van der Waals surface area contributed by atoms with Crippen molar-refractivity contribution in [2.24, 2.45) is 0 Å². The predicted molar refractivity (Wildman–Crippen MR) is 81.3 cm³/mol. The number of aryl methyl sites for hydroxylation is 3. The molecule has 0 bridgehead atoms. The zero-order valence-electron chi connectivity index (χ0n) is 13.4. The van der Waals surface area contributed by atoms with Gasteiger partial charge in [0.05, 0.1) is 17.0 Å². The maximum absolute atomic E-state index is 5.93. The topological polar surface area (TPSA) is 60.2 Å². The van der Waals surface area contributed by atoms with E-state index < -0.39 is 0 Å². The number of hydrogen-bond acceptors (Lipinski definition) is 5. The number of nitrogens with one attached hydrogen (secondary N) is 1. The Morgan fingerprint density at radius 3 is 2.62 bits per heavy atom. The van der Waals surface area contributed by atoms with E-state index in [0.717, 1.165) is 34.2 Å². The van der Waals surface area contributed by atoms with Crippen molar-refractivity contribution >= 4 is 0 Å². The van der Waals surface area contributed by atoms with Crippen molar-refractivity contribution in [2.75, 3.05) is 0 Å². The Morgan fingerprint density at radius 1 is 1.24 bits per heavy atom. The third-order valence-electron chi connectivity index (χ3n) is 3.30. The molecule has 0 aliphatic rings. The summed E-state index contributed by atoms with van der Waals surface area (Å²) in [5, 5.41) is 7.31. The average molecular weight is 289 g/mol. The summed E-state index contributed by atoms with van der Waals surface area (Å²) in [6.45, 7) is 11.2. The smallest absolute Gasteiger partial charge is 0.142 e. The van der Waals surface area contributed by atoms with Crippen molar-refractivity contribution in [1.82, 2.24) is 15.5 Å². The summed E-state index contributed by atoms with van der Waals surface area (Å²) in [5.41, 5.74) is 3.78. The summed E-state index contributed by atoms with van der Waals surface area (Å²) in [5.74, 6) is 1.60. The summed E-state index contributed by atoms with van der Waals surface area (Å²) < 4.78 is 11.1. The van der Waals surface area contributed by atoms with Crippen molar-refractivity contribution in [1.29, 1.82) is 0 Å². The van der Waals surface area contributed by atoms with Gasteiger partial charge in [-0.15, -0.1) is 0 Å². The Bertz CT molecular complexity index is 586. The summed E-state index contributed by atoms with van der Waals surface area (Å²) >= 11 is 0. The van der Waals surface area contributed by atoms with Crippen LogP contribution in [0.2, 0.25) is 0 Å². The second kappa shape index (κ2) is 6.72. The molecule has 2 heterocycles. The lowest BCUT2D eigenvalue weighted by Gasteiger charge is -2.13. The molecule has 0 aliphatic carbocycles. The Morgan fingerprint density at radius 2 is 2.00 bits per heavy atom. The van der Waals surface area contributed by atoms with Crippen LogP contribution in [0, 0.1) is 20.8 Å². The van der Waals surface area contributed by atoms with E-state index in [4.69, 9.17) is 9.26 Å². The van der Waals surface area contributed by atoms with Crippen LogP contribution in [0.25, 0.3) is 0 Å². The molecule has 2 aromatic heterocycles. The number of aromatic nitrogens is 2. The van der Waals surface area contributed by atoms with E-state index in [9.17, 15) is 0 Å². The Kier molecular flexibility index (Phi) is 4.96. The standard InChI is InChI=1S/C16H23N3O2/c1-10(2)17-8-15-16(7-6-11(3)18-15)20-9-14-12(4)19-21-13(14)5/h6-7,10,17H,8-9H2,1-5H3. The zero-order valence-corrected chi connectivity index (χ0v) is 13.4. The first-order valence-electron chi connectivity index (χ1n) is 7.22. The van der Waals surface area contributed by atoms with Crippen LogP contribution in [0.3, 0.4) is 0 Å². The summed E-state index contributed by atoms with van der Waals surface area (Å²) in [6, 6.07) is 4.34. The van der Waals surface area contributed by atoms with E-state index in [0.29, 0.717) is 19.2 Å². The van der Waals surface area contributed by atoms with Gasteiger partial charge in [0.1, 0.15) is 18.1 Å². The molecular formula is C16H23N3O2. The van der Waals surface area contributed by atoms with Crippen LogP contribution in [-0.2, 0) is 13.2 Å². The highest BCUT2D eigenvalue weighted by atomic mass is 16.5. The first kappa shape index (κ1) is 15.5. The minimum absolute atomic E-state index is 0.405. The minimum atomic E-state index is 0.405. The fraction of sp³-hybridized carbons (Fsp3) is 0.500. The molecule has 2 rings (SSSR count).